The van der Waals surface area contributed by atoms with Gasteiger partial charge in [0.25, 0.3) is 0 Å². The van der Waals surface area contributed by atoms with E-state index in [1.54, 1.807) is 12.1 Å². The predicted molar refractivity (Wildman–Crippen MR) is 67.0 cm³/mol. The van der Waals surface area contributed by atoms with Crippen molar-refractivity contribution in [2.75, 3.05) is 38.7 Å². The molecule has 4 nitrogen and oxygen atoms in total. The van der Waals surface area contributed by atoms with Gasteiger partial charge in [-0.3, -0.25) is 10.7 Å². The van der Waals surface area contributed by atoms with Crippen LogP contribution in [0.5, 0.6) is 0 Å². The van der Waals surface area contributed by atoms with Gasteiger partial charge in [-0.05, 0) is 19.2 Å². The molecule has 0 spiro atoms. The van der Waals surface area contributed by atoms with Gasteiger partial charge < -0.3 is 10.3 Å². The van der Waals surface area contributed by atoms with E-state index in [0.29, 0.717) is 12.2 Å². The maximum absolute atomic E-state index is 13.7. The lowest BCUT2D eigenvalue weighted by Gasteiger charge is -2.32. The summed E-state index contributed by atoms with van der Waals surface area (Å²) in [4.78, 5) is 4.56. The van der Waals surface area contributed by atoms with E-state index < -0.39 is 0 Å². The molecular formula is C12H19FN4. The molecule has 0 radical (unpaired) electrons. The van der Waals surface area contributed by atoms with Crippen LogP contribution in [0.3, 0.4) is 0 Å². The Hall–Kier alpha value is -1.17. The predicted octanol–water partition coefficient (Wildman–Crippen LogP) is 0.859. The lowest BCUT2D eigenvalue weighted by molar-refractivity contribution is 0.147. The number of nitrogens with one attached hydrogen (secondary N) is 1. The van der Waals surface area contributed by atoms with Crippen LogP contribution in [0.4, 0.5) is 10.1 Å². The van der Waals surface area contributed by atoms with Crippen molar-refractivity contribution in [3.05, 3.63) is 29.6 Å². The maximum Gasteiger partial charge on any atom is 0.129 e. The Morgan fingerprint density at radius 2 is 2.00 bits per heavy atom. The third-order valence-electron chi connectivity index (χ3n) is 3.21. The van der Waals surface area contributed by atoms with Crippen LogP contribution in [-0.2, 0) is 6.54 Å². The van der Waals surface area contributed by atoms with Crippen LogP contribution in [0.1, 0.15) is 5.56 Å². The summed E-state index contributed by atoms with van der Waals surface area (Å²) in [6.07, 6.45) is 0. The minimum absolute atomic E-state index is 0.195. The third-order valence-corrected chi connectivity index (χ3v) is 3.21. The number of nitrogens with zero attached hydrogens (tertiary/aromatic N) is 2. The fourth-order valence-electron chi connectivity index (χ4n) is 2.01. The molecule has 0 saturated carbocycles. The fraction of sp³-hybridized carbons (Fsp3) is 0.500. The topological polar surface area (TPSA) is 44.5 Å². The number of hydrazine groups is 1. The lowest BCUT2D eigenvalue weighted by Crippen LogP contribution is -2.44. The Balaban J connectivity index is 1.99. The van der Waals surface area contributed by atoms with Crippen LogP contribution >= 0.6 is 0 Å². The molecule has 1 aromatic carbocycles. The Kier molecular flexibility index (Phi) is 3.93. The first-order valence-corrected chi connectivity index (χ1v) is 5.85. The van der Waals surface area contributed by atoms with E-state index in [1.807, 2.05) is 0 Å². The molecule has 1 saturated heterocycles. The molecule has 1 aliphatic rings. The van der Waals surface area contributed by atoms with Crippen LogP contribution in [0.2, 0.25) is 0 Å². The van der Waals surface area contributed by atoms with E-state index in [0.717, 1.165) is 31.7 Å². The number of likely N-dealkylation sites (N-methyl/N-ethyl adjacent to an activating group) is 1. The summed E-state index contributed by atoms with van der Waals surface area (Å²) in [5.41, 5.74) is 3.78. The standard InChI is InChI=1S/C12H19FN4/c1-16-4-6-17(7-5-16)9-10-2-3-11(15-14)8-12(10)13/h2-3,8,15H,4-7,9,14H2,1H3. The second-order valence-corrected chi connectivity index (χ2v) is 4.53. The van der Waals surface area contributed by atoms with Crippen molar-refractivity contribution in [3.8, 4) is 0 Å². The molecule has 0 aliphatic carbocycles. The van der Waals surface area contributed by atoms with Crippen LogP contribution in [0.15, 0.2) is 18.2 Å². The van der Waals surface area contributed by atoms with Crippen molar-refractivity contribution in [1.82, 2.24) is 9.80 Å². The SMILES string of the molecule is CN1CCN(Cc2ccc(NN)cc2F)CC1. The zero-order chi connectivity index (χ0) is 12.3. The van der Waals surface area contributed by atoms with Crippen molar-refractivity contribution in [3.63, 3.8) is 0 Å². The van der Waals surface area contributed by atoms with E-state index in [2.05, 4.69) is 22.3 Å². The van der Waals surface area contributed by atoms with E-state index in [-0.39, 0.29) is 5.82 Å². The number of benzene rings is 1. The van der Waals surface area contributed by atoms with Gasteiger partial charge in [0.1, 0.15) is 5.82 Å². The van der Waals surface area contributed by atoms with Crippen molar-refractivity contribution in [1.29, 1.82) is 0 Å². The summed E-state index contributed by atoms with van der Waals surface area (Å²) in [5, 5.41) is 0. The number of hydrogen-bond acceptors (Lipinski definition) is 4. The highest BCUT2D eigenvalue weighted by Gasteiger charge is 2.15. The number of nitrogen functional groups attached to an aromatic ring is 1. The van der Waals surface area contributed by atoms with E-state index in [1.165, 1.54) is 6.07 Å². The minimum Gasteiger partial charge on any atom is -0.324 e. The second-order valence-electron chi connectivity index (χ2n) is 4.53. The first kappa shape index (κ1) is 12.3. The molecule has 0 bridgehead atoms. The largest absolute Gasteiger partial charge is 0.324 e. The number of hydrogen-bond donors (Lipinski definition) is 2. The number of rotatable bonds is 3. The summed E-state index contributed by atoms with van der Waals surface area (Å²) in [7, 11) is 2.11. The van der Waals surface area contributed by atoms with Crippen LogP contribution in [0, 0.1) is 5.82 Å². The summed E-state index contributed by atoms with van der Waals surface area (Å²) < 4.78 is 13.7. The van der Waals surface area contributed by atoms with Gasteiger partial charge in [-0.15, -0.1) is 0 Å². The summed E-state index contributed by atoms with van der Waals surface area (Å²) in [6.45, 7) is 4.75. The molecule has 0 aromatic heterocycles. The number of piperazine rings is 1. The van der Waals surface area contributed by atoms with Crippen molar-refractivity contribution in [2.24, 2.45) is 5.84 Å². The Morgan fingerprint density at radius 3 is 2.59 bits per heavy atom. The zero-order valence-electron chi connectivity index (χ0n) is 10.1. The van der Waals surface area contributed by atoms with Gasteiger partial charge in [-0.25, -0.2) is 4.39 Å². The van der Waals surface area contributed by atoms with Crippen molar-refractivity contribution in [2.45, 2.75) is 6.54 Å². The molecule has 0 atom stereocenters. The smallest absolute Gasteiger partial charge is 0.129 e. The number of nitrogens with two attached hydrogens (primary N) is 1. The summed E-state index contributed by atoms with van der Waals surface area (Å²) in [5.74, 6) is 5.04. The Morgan fingerprint density at radius 1 is 1.29 bits per heavy atom. The van der Waals surface area contributed by atoms with Crippen molar-refractivity contribution < 1.29 is 4.39 Å². The average molecular weight is 238 g/mol. The van der Waals surface area contributed by atoms with E-state index >= 15 is 0 Å². The zero-order valence-corrected chi connectivity index (χ0v) is 10.1. The van der Waals surface area contributed by atoms with Gasteiger partial charge in [0, 0.05) is 38.3 Å². The van der Waals surface area contributed by atoms with Crippen molar-refractivity contribution >= 4 is 5.69 Å². The maximum atomic E-state index is 13.7. The molecule has 1 heterocycles. The molecular weight excluding hydrogens is 219 g/mol. The monoisotopic (exact) mass is 238 g/mol. The molecule has 5 heteroatoms. The normalized spacial score (nSPS) is 18.3. The summed E-state index contributed by atoms with van der Waals surface area (Å²) in [6, 6.07) is 5.03. The van der Waals surface area contributed by atoms with Gasteiger partial charge >= 0.3 is 0 Å². The van der Waals surface area contributed by atoms with Crippen LogP contribution in [0.25, 0.3) is 0 Å². The molecule has 94 valence electrons. The van der Waals surface area contributed by atoms with Gasteiger partial charge in [-0.1, -0.05) is 6.07 Å². The average Bonchev–Trinajstić information content (AvgIpc) is 2.34. The highest BCUT2D eigenvalue weighted by atomic mass is 19.1. The second kappa shape index (κ2) is 5.44. The molecule has 1 fully saturated rings. The molecule has 1 aliphatic heterocycles. The van der Waals surface area contributed by atoms with Gasteiger partial charge in [0.2, 0.25) is 0 Å². The molecule has 1 aromatic rings. The minimum atomic E-state index is -0.195. The Labute approximate surface area is 101 Å². The third kappa shape index (κ3) is 3.15. The van der Waals surface area contributed by atoms with Crippen LogP contribution in [-0.4, -0.2) is 43.0 Å². The highest BCUT2D eigenvalue weighted by Crippen LogP contribution is 2.16. The molecule has 0 amide bonds. The van der Waals surface area contributed by atoms with E-state index in [4.69, 9.17) is 5.84 Å². The molecule has 0 unspecified atom stereocenters. The number of halogens is 1. The lowest BCUT2D eigenvalue weighted by atomic mass is 10.1. The molecule has 17 heavy (non-hydrogen) atoms. The first-order valence-electron chi connectivity index (χ1n) is 5.85. The fourth-order valence-corrected chi connectivity index (χ4v) is 2.01. The van der Waals surface area contributed by atoms with Crippen LogP contribution < -0.4 is 11.3 Å². The van der Waals surface area contributed by atoms with E-state index in [9.17, 15) is 4.39 Å². The Bertz CT molecular complexity index is 375. The van der Waals surface area contributed by atoms with Gasteiger partial charge in [0.05, 0.1) is 5.69 Å². The number of anilines is 1. The van der Waals surface area contributed by atoms with Gasteiger partial charge in [0.15, 0.2) is 0 Å². The summed E-state index contributed by atoms with van der Waals surface area (Å²) >= 11 is 0. The first-order chi connectivity index (χ1) is 8.19. The molecule has 2 rings (SSSR count). The quantitative estimate of drug-likeness (QED) is 0.605. The highest BCUT2D eigenvalue weighted by molar-refractivity contribution is 5.44. The molecule has 3 N–H and O–H groups in total. The van der Waals surface area contributed by atoms with Gasteiger partial charge in [-0.2, -0.15) is 0 Å².